The fourth-order valence-electron chi connectivity index (χ4n) is 3.40. The van der Waals surface area contributed by atoms with Gasteiger partial charge in [-0.15, -0.1) is 0 Å². The summed E-state index contributed by atoms with van der Waals surface area (Å²) in [6, 6.07) is 0. The molecule has 0 saturated heterocycles. The van der Waals surface area contributed by atoms with Gasteiger partial charge < -0.3 is 4.74 Å². The number of ether oxygens (including phenoxy) is 1. The van der Waals surface area contributed by atoms with Crippen LogP contribution in [0.3, 0.4) is 0 Å². The van der Waals surface area contributed by atoms with Crippen LogP contribution in [0.2, 0.25) is 0 Å². The normalized spacial score (nSPS) is 11.1. The van der Waals surface area contributed by atoms with Crippen molar-refractivity contribution in [1.29, 1.82) is 0 Å². The minimum absolute atomic E-state index is 0.385. The van der Waals surface area contributed by atoms with Gasteiger partial charge in [-0.1, -0.05) is 123 Å². The Bertz CT molecular complexity index is 346. The van der Waals surface area contributed by atoms with Crippen LogP contribution in [0.5, 0.6) is 0 Å². The Kier molecular flexibility index (Phi) is 22.1. The first-order valence-corrected chi connectivity index (χ1v) is 11.8. The van der Waals surface area contributed by atoms with Gasteiger partial charge in [-0.05, 0) is 18.9 Å². The van der Waals surface area contributed by atoms with Crippen LogP contribution in [0.1, 0.15) is 129 Å². The average molecular weight is 379 g/mol. The second-order valence-electron chi connectivity index (χ2n) is 7.81. The van der Waals surface area contributed by atoms with Gasteiger partial charge >= 0.3 is 5.97 Å². The summed E-state index contributed by atoms with van der Waals surface area (Å²) in [5, 5.41) is 0. The van der Waals surface area contributed by atoms with Crippen LogP contribution in [0.15, 0.2) is 25.0 Å². The predicted octanol–water partition coefficient (Wildman–Crippen LogP) is 8.66. The number of hydrogen-bond donors (Lipinski definition) is 0. The maximum absolute atomic E-state index is 10.8. The van der Waals surface area contributed by atoms with Crippen LogP contribution >= 0.6 is 0 Å². The van der Waals surface area contributed by atoms with E-state index in [9.17, 15) is 4.79 Å². The van der Waals surface area contributed by atoms with Gasteiger partial charge in [0.25, 0.3) is 0 Å². The number of hydrogen-bond acceptors (Lipinski definition) is 2. The van der Waals surface area contributed by atoms with Crippen LogP contribution in [0.4, 0.5) is 0 Å². The first kappa shape index (κ1) is 26.0. The number of esters is 1. The van der Waals surface area contributed by atoms with Gasteiger partial charge in [0, 0.05) is 6.08 Å². The molecule has 0 amide bonds. The molecule has 0 aliphatic rings. The first-order valence-electron chi connectivity index (χ1n) is 11.8. The number of carbonyl (C=O) groups excluding carboxylic acids is 1. The van der Waals surface area contributed by atoms with E-state index in [4.69, 9.17) is 4.74 Å². The van der Waals surface area contributed by atoms with Crippen LogP contribution in [0.25, 0.3) is 0 Å². The lowest BCUT2D eigenvalue weighted by molar-refractivity contribution is -0.132. The lowest BCUT2D eigenvalue weighted by Gasteiger charge is -2.03. The highest BCUT2D eigenvalue weighted by Gasteiger charge is 1.95. The fourth-order valence-corrected chi connectivity index (χ4v) is 3.40. The molecule has 0 heterocycles. The maximum Gasteiger partial charge on any atom is 0.334 e. The van der Waals surface area contributed by atoms with Gasteiger partial charge in [0.15, 0.2) is 0 Å². The molecular weight excluding hydrogens is 332 g/mol. The average Bonchev–Trinajstić information content (AvgIpc) is 2.68. The van der Waals surface area contributed by atoms with Crippen molar-refractivity contribution < 1.29 is 9.53 Å². The second-order valence-corrected chi connectivity index (χ2v) is 7.81. The van der Waals surface area contributed by atoms with Gasteiger partial charge in [-0.3, -0.25) is 0 Å². The van der Waals surface area contributed by atoms with E-state index in [0.717, 1.165) is 6.42 Å². The van der Waals surface area contributed by atoms with Crippen molar-refractivity contribution in [3.05, 3.63) is 25.0 Å². The lowest BCUT2D eigenvalue weighted by atomic mass is 10.0. The van der Waals surface area contributed by atoms with Crippen molar-refractivity contribution in [1.82, 2.24) is 0 Å². The topological polar surface area (TPSA) is 26.3 Å². The van der Waals surface area contributed by atoms with E-state index in [1.807, 2.05) is 6.08 Å². The number of carbonyl (C=O) groups is 1. The van der Waals surface area contributed by atoms with E-state index in [0.29, 0.717) is 0 Å². The van der Waals surface area contributed by atoms with E-state index >= 15 is 0 Å². The van der Waals surface area contributed by atoms with Crippen LogP contribution in [0, 0.1) is 0 Å². The van der Waals surface area contributed by atoms with Gasteiger partial charge in [-0.25, -0.2) is 4.79 Å². The van der Waals surface area contributed by atoms with E-state index < -0.39 is 0 Å². The standard InChI is InChI=1S/C25H46O2/c1-3-5-6-7-8-9-10-11-12-13-14-15-16-17-18-19-20-21-22-23-24-27-25(26)4-2/h4,23-24H,2-3,5-22H2,1H3/b24-23+. The molecule has 0 N–H and O–H groups in total. The third kappa shape index (κ3) is 22.9. The molecule has 0 bridgehead atoms. The largest absolute Gasteiger partial charge is 0.432 e. The zero-order valence-electron chi connectivity index (χ0n) is 18.2. The van der Waals surface area contributed by atoms with Crippen molar-refractivity contribution in [2.45, 2.75) is 129 Å². The predicted molar refractivity (Wildman–Crippen MR) is 119 cm³/mol. The maximum atomic E-state index is 10.8. The zero-order valence-corrected chi connectivity index (χ0v) is 18.2. The summed E-state index contributed by atoms with van der Waals surface area (Å²) in [7, 11) is 0. The molecule has 0 atom stereocenters. The molecule has 2 heteroatoms. The van der Waals surface area contributed by atoms with Gasteiger partial charge in [-0.2, -0.15) is 0 Å². The van der Waals surface area contributed by atoms with E-state index in [1.54, 1.807) is 0 Å². The van der Waals surface area contributed by atoms with Crippen LogP contribution in [-0.4, -0.2) is 5.97 Å². The van der Waals surface area contributed by atoms with Crippen molar-refractivity contribution in [3.8, 4) is 0 Å². The third-order valence-electron chi connectivity index (χ3n) is 5.17. The van der Waals surface area contributed by atoms with Crippen molar-refractivity contribution >= 4 is 5.97 Å². The van der Waals surface area contributed by atoms with Crippen molar-refractivity contribution in [3.63, 3.8) is 0 Å². The molecular formula is C25H46O2. The molecule has 0 saturated carbocycles. The zero-order chi connectivity index (χ0) is 19.8. The number of rotatable bonds is 21. The highest BCUT2D eigenvalue weighted by molar-refractivity contribution is 5.81. The summed E-state index contributed by atoms with van der Waals surface area (Å²) in [5.41, 5.74) is 0. The molecule has 0 rings (SSSR count). The van der Waals surface area contributed by atoms with E-state index in [1.165, 1.54) is 128 Å². The van der Waals surface area contributed by atoms with Gasteiger partial charge in [0.05, 0.1) is 6.26 Å². The second kappa shape index (κ2) is 23.0. The highest BCUT2D eigenvalue weighted by Crippen LogP contribution is 2.14. The first-order chi connectivity index (χ1) is 13.3. The Morgan fingerprint density at radius 1 is 0.667 bits per heavy atom. The van der Waals surface area contributed by atoms with Crippen molar-refractivity contribution in [2.24, 2.45) is 0 Å². The minimum atomic E-state index is -0.385. The summed E-state index contributed by atoms with van der Waals surface area (Å²) in [4.78, 5) is 10.8. The highest BCUT2D eigenvalue weighted by atomic mass is 16.5. The lowest BCUT2D eigenvalue weighted by Crippen LogP contribution is -1.91. The molecule has 0 spiro atoms. The third-order valence-corrected chi connectivity index (χ3v) is 5.17. The van der Waals surface area contributed by atoms with Crippen LogP contribution < -0.4 is 0 Å². The monoisotopic (exact) mass is 378 g/mol. The minimum Gasteiger partial charge on any atom is -0.432 e. The smallest absolute Gasteiger partial charge is 0.334 e. The molecule has 0 radical (unpaired) electrons. The Morgan fingerprint density at radius 2 is 1.04 bits per heavy atom. The van der Waals surface area contributed by atoms with Crippen molar-refractivity contribution in [2.75, 3.05) is 0 Å². The quantitative estimate of drug-likeness (QED) is 0.0864. The summed E-state index contributed by atoms with van der Waals surface area (Å²) >= 11 is 0. The Morgan fingerprint density at radius 3 is 1.41 bits per heavy atom. The molecule has 0 aliphatic carbocycles. The molecule has 0 fully saturated rings. The Labute approximate surface area is 169 Å². The summed E-state index contributed by atoms with van der Waals surface area (Å²) in [5.74, 6) is -0.385. The Balaban J connectivity index is 3.07. The SMILES string of the molecule is C=CC(=O)O/C=C/CCCCCCCCCCCCCCCCCCCC. The molecule has 158 valence electrons. The molecule has 0 aromatic carbocycles. The van der Waals surface area contributed by atoms with E-state index in [-0.39, 0.29) is 5.97 Å². The summed E-state index contributed by atoms with van der Waals surface area (Å²) < 4.78 is 4.79. The fraction of sp³-hybridized carbons (Fsp3) is 0.800. The molecule has 0 aromatic heterocycles. The molecule has 0 aromatic rings. The van der Waals surface area contributed by atoms with Crippen LogP contribution in [-0.2, 0) is 9.53 Å². The Hall–Kier alpha value is -1.05. The number of allylic oxidation sites excluding steroid dienone is 1. The van der Waals surface area contributed by atoms with Gasteiger partial charge in [0.1, 0.15) is 0 Å². The summed E-state index contributed by atoms with van der Waals surface area (Å²) in [6.45, 7) is 5.64. The molecule has 0 aliphatic heterocycles. The number of unbranched alkanes of at least 4 members (excludes halogenated alkanes) is 18. The van der Waals surface area contributed by atoms with E-state index in [2.05, 4.69) is 13.5 Å². The molecule has 2 nitrogen and oxygen atoms in total. The molecule has 27 heavy (non-hydrogen) atoms. The molecule has 0 unspecified atom stereocenters. The van der Waals surface area contributed by atoms with Gasteiger partial charge in [0.2, 0.25) is 0 Å². The summed E-state index contributed by atoms with van der Waals surface area (Å²) in [6.07, 6.45) is 30.8.